The summed E-state index contributed by atoms with van der Waals surface area (Å²) >= 11 is 3.33. The second-order valence-electron chi connectivity index (χ2n) is 5.45. The first kappa shape index (κ1) is 18.2. The van der Waals surface area contributed by atoms with Crippen LogP contribution in [-0.4, -0.2) is 16.2 Å². The number of pyridine rings is 1. The zero-order valence-electron chi connectivity index (χ0n) is 14.6. The van der Waals surface area contributed by atoms with Crippen LogP contribution in [0.25, 0.3) is 10.9 Å². The fourth-order valence-electron chi connectivity index (χ4n) is 2.30. The fraction of sp³-hybridized carbons (Fsp3) is 0.0909. The van der Waals surface area contributed by atoms with Gasteiger partial charge >= 0.3 is 0 Å². The molecular formula is C22H18N2S2. The predicted octanol–water partition coefficient (Wildman–Crippen LogP) is 5.81. The summed E-state index contributed by atoms with van der Waals surface area (Å²) in [4.78, 5) is 8.47. The molecule has 0 amide bonds. The molecule has 4 rings (SSSR count). The standard InChI is InChI=1S/C12H9NS2.C10H9N/c1-14-12-9-13-11(15-12)8-7-10-5-3-2-4-6-10;1-8-6-7-11-10-5-3-2-4-9(8)10/h2-6,9H,1H3;2-7H,1H3. The summed E-state index contributed by atoms with van der Waals surface area (Å²) in [6, 6.07) is 20.2. The number of thiazole rings is 1. The topological polar surface area (TPSA) is 25.8 Å². The van der Waals surface area contributed by atoms with Gasteiger partial charge in [-0.25, -0.2) is 4.98 Å². The van der Waals surface area contributed by atoms with Crippen LogP contribution in [0.4, 0.5) is 0 Å². The lowest BCUT2D eigenvalue weighted by molar-refractivity contribution is 1.35. The number of thioether (sulfide) groups is 1. The van der Waals surface area contributed by atoms with Crippen molar-refractivity contribution in [1.82, 2.24) is 9.97 Å². The third kappa shape index (κ3) is 4.95. The van der Waals surface area contributed by atoms with Gasteiger partial charge in [-0.05, 0) is 48.9 Å². The van der Waals surface area contributed by atoms with E-state index in [0.717, 1.165) is 16.1 Å². The van der Waals surface area contributed by atoms with Gasteiger partial charge in [0.15, 0.2) is 5.01 Å². The van der Waals surface area contributed by atoms with Crippen molar-refractivity contribution in [2.45, 2.75) is 11.1 Å². The van der Waals surface area contributed by atoms with E-state index in [2.05, 4.69) is 34.8 Å². The molecule has 0 saturated heterocycles. The summed E-state index contributed by atoms with van der Waals surface area (Å²) in [7, 11) is 0. The molecule has 2 aromatic carbocycles. The van der Waals surface area contributed by atoms with E-state index >= 15 is 0 Å². The lowest BCUT2D eigenvalue weighted by atomic mass is 10.1. The average Bonchev–Trinajstić information content (AvgIpc) is 3.16. The third-order valence-corrected chi connectivity index (χ3v) is 5.61. The van der Waals surface area contributed by atoms with E-state index in [0.29, 0.717) is 0 Å². The van der Waals surface area contributed by atoms with Crippen molar-refractivity contribution in [3.8, 4) is 11.8 Å². The maximum absolute atomic E-state index is 4.24. The lowest BCUT2D eigenvalue weighted by Crippen LogP contribution is -1.79. The second kappa shape index (κ2) is 9.19. The lowest BCUT2D eigenvalue weighted by Gasteiger charge is -1.97. The molecule has 0 saturated carbocycles. The summed E-state index contributed by atoms with van der Waals surface area (Å²) in [6.45, 7) is 2.10. The number of aromatic nitrogens is 2. The Morgan fingerprint density at radius 3 is 2.38 bits per heavy atom. The number of aryl methyl sites for hydroxylation is 1. The Hall–Kier alpha value is -2.61. The highest BCUT2D eigenvalue weighted by Crippen LogP contribution is 2.21. The number of hydrogen-bond acceptors (Lipinski definition) is 4. The van der Waals surface area contributed by atoms with Crippen molar-refractivity contribution in [2.24, 2.45) is 0 Å². The third-order valence-electron chi connectivity index (χ3n) is 3.64. The van der Waals surface area contributed by atoms with Gasteiger partial charge in [0.1, 0.15) is 0 Å². The van der Waals surface area contributed by atoms with Gasteiger partial charge in [-0.2, -0.15) is 0 Å². The molecule has 0 aliphatic heterocycles. The molecule has 0 atom stereocenters. The van der Waals surface area contributed by atoms with Crippen LogP contribution in [0.2, 0.25) is 0 Å². The molecule has 2 heterocycles. The van der Waals surface area contributed by atoms with E-state index in [-0.39, 0.29) is 0 Å². The Bertz CT molecular complexity index is 1040. The highest BCUT2D eigenvalue weighted by Gasteiger charge is 1.96. The molecule has 0 N–H and O–H groups in total. The van der Waals surface area contributed by atoms with E-state index < -0.39 is 0 Å². The fourth-order valence-corrected chi connectivity index (χ4v) is 3.53. The van der Waals surface area contributed by atoms with Gasteiger partial charge in [-0.15, -0.1) is 11.8 Å². The summed E-state index contributed by atoms with van der Waals surface area (Å²) in [5.74, 6) is 6.15. The molecule has 4 heteroatoms. The smallest absolute Gasteiger partial charge is 0.168 e. The largest absolute Gasteiger partial charge is 0.256 e. The number of hydrogen-bond donors (Lipinski definition) is 0. The zero-order chi connectivity index (χ0) is 18.2. The van der Waals surface area contributed by atoms with Crippen molar-refractivity contribution in [3.05, 3.63) is 89.2 Å². The van der Waals surface area contributed by atoms with E-state index in [1.54, 1.807) is 23.1 Å². The first-order valence-corrected chi connectivity index (χ1v) is 10.2. The maximum Gasteiger partial charge on any atom is 0.168 e. The van der Waals surface area contributed by atoms with Gasteiger partial charge in [0.05, 0.1) is 15.9 Å². The molecular weight excluding hydrogens is 356 g/mol. The van der Waals surface area contributed by atoms with Crippen LogP contribution in [0.3, 0.4) is 0 Å². The van der Waals surface area contributed by atoms with Gasteiger partial charge in [0.2, 0.25) is 0 Å². The van der Waals surface area contributed by atoms with E-state index in [4.69, 9.17) is 0 Å². The minimum Gasteiger partial charge on any atom is -0.256 e. The highest BCUT2D eigenvalue weighted by molar-refractivity contribution is 8.00. The van der Waals surface area contributed by atoms with Crippen LogP contribution in [0.5, 0.6) is 0 Å². The van der Waals surface area contributed by atoms with Gasteiger partial charge in [-0.1, -0.05) is 53.7 Å². The van der Waals surface area contributed by atoms with Crippen molar-refractivity contribution in [2.75, 3.05) is 6.26 Å². The minimum atomic E-state index is 0.878. The number of para-hydroxylation sites is 1. The Balaban J connectivity index is 0.000000158. The molecule has 0 bridgehead atoms. The molecule has 0 aliphatic carbocycles. The van der Waals surface area contributed by atoms with Crippen molar-refractivity contribution >= 4 is 34.0 Å². The van der Waals surface area contributed by atoms with Gasteiger partial charge in [0, 0.05) is 17.1 Å². The molecule has 128 valence electrons. The van der Waals surface area contributed by atoms with Gasteiger partial charge < -0.3 is 0 Å². The molecule has 26 heavy (non-hydrogen) atoms. The molecule has 0 fully saturated rings. The van der Waals surface area contributed by atoms with E-state index in [1.807, 2.05) is 73.2 Å². The second-order valence-corrected chi connectivity index (χ2v) is 7.59. The van der Waals surface area contributed by atoms with Crippen molar-refractivity contribution in [1.29, 1.82) is 0 Å². The number of benzene rings is 2. The Kier molecular flexibility index (Phi) is 6.43. The number of rotatable bonds is 1. The summed E-state index contributed by atoms with van der Waals surface area (Å²) in [5.41, 5.74) is 3.39. The van der Waals surface area contributed by atoms with Crippen molar-refractivity contribution in [3.63, 3.8) is 0 Å². The van der Waals surface area contributed by atoms with Crippen LogP contribution in [0.15, 0.2) is 77.3 Å². The Morgan fingerprint density at radius 2 is 1.65 bits per heavy atom. The molecule has 0 unspecified atom stereocenters. The monoisotopic (exact) mass is 374 g/mol. The minimum absolute atomic E-state index is 0.878. The first-order chi connectivity index (χ1) is 12.8. The normalized spacial score (nSPS) is 9.77. The average molecular weight is 375 g/mol. The summed E-state index contributed by atoms with van der Waals surface area (Å²) in [5, 5.41) is 2.12. The van der Waals surface area contributed by atoms with Crippen LogP contribution in [0, 0.1) is 18.8 Å². The molecule has 0 aliphatic rings. The first-order valence-electron chi connectivity index (χ1n) is 8.13. The zero-order valence-corrected chi connectivity index (χ0v) is 16.3. The quantitative estimate of drug-likeness (QED) is 0.311. The summed E-state index contributed by atoms with van der Waals surface area (Å²) < 4.78 is 1.20. The predicted molar refractivity (Wildman–Crippen MR) is 113 cm³/mol. The Labute approximate surface area is 162 Å². The van der Waals surface area contributed by atoms with Crippen molar-refractivity contribution < 1.29 is 0 Å². The number of nitrogens with zero attached hydrogens (tertiary/aromatic N) is 2. The van der Waals surface area contributed by atoms with Crippen LogP contribution in [-0.2, 0) is 0 Å². The molecule has 0 radical (unpaired) electrons. The van der Waals surface area contributed by atoms with E-state index in [1.165, 1.54) is 15.2 Å². The molecule has 0 spiro atoms. The highest BCUT2D eigenvalue weighted by atomic mass is 32.2. The molecule has 4 aromatic rings. The van der Waals surface area contributed by atoms with Gasteiger partial charge in [-0.3, -0.25) is 4.98 Å². The van der Waals surface area contributed by atoms with Gasteiger partial charge in [0.25, 0.3) is 0 Å². The van der Waals surface area contributed by atoms with E-state index in [9.17, 15) is 0 Å². The van der Waals surface area contributed by atoms with Crippen LogP contribution in [0.1, 0.15) is 16.1 Å². The summed E-state index contributed by atoms with van der Waals surface area (Å²) in [6.07, 6.45) is 5.75. The SMILES string of the molecule is CSc1cnc(C#Cc2ccccc2)s1.Cc1ccnc2ccccc12. The van der Waals surface area contributed by atoms with Crippen LogP contribution < -0.4 is 0 Å². The Morgan fingerprint density at radius 1 is 0.885 bits per heavy atom. The molecule has 2 nitrogen and oxygen atoms in total. The van der Waals surface area contributed by atoms with Crippen LogP contribution >= 0.6 is 23.1 Å². The number of fused-ring (bicyclic) bond motifs is 1. The molecule has 2 aromatic heterocycles. The maximum atomic E-state index is 4.24.